The molecule has 2 heterocycles. The molecule has 0 saturated heterocycles. The minimum atomic E-state index is -0.0133. The fourth-order valence-electron chi connectivity index (χ4n) is 1.47. The first-order valence-corrected chi connectivity index (χ1v) is 6.70. The van der Waals surface area contributed by atoms with Crippen LogP contribution in [0.4, 0.5) is 0 Å². The van der Waals surface area contributed by atoms with Gasteiger partial charge in [0.15, 0.2) is 0 Å². The van der Waals surface area contributed by atoms with Gasteiger partial charge in [-0.2, -0.15) is 0 Å². The second kappa shape index (κ2) is 5.93. The summed E-state index contributed by atoms with van der Waals surface area (Å²) in [4.78, 5) is 19.7. The average Bonchev–Trinajstić information content (AvgIpc) is 2.80. The van der Waals surface area contributed by atoms with Gasteiger partial charge in [0.25, 0.3) is 5.56 Å². The number of hydrogen-bond donors (Lipinski definition) is 0. The Hall–Kier alpha value is -1.20. The van der Waals surface area contributed by atoms with E-state index in [-0.39, 0.29) is 5.56 Å². The SMILES string of the molecule is O=c1ccncn1CCCc1nc(CCl)cs1. The van der Waals surface area contributed by atoms with Crippen molar-refractivity contribution in [3.05, 3.63) is 45.0 Å². The number of aromatic nitrogens is 3. The van der Waals surface area contributed by atoms with Gasteiger partial charge in [-0.1, -0.05) is 0 Å². The fourth-order valence-corrected chi connectivity index (χ4v) is 2.54. The van der Waals surface area contributed by atoms with Gasteiger partial charge in [0.05, 0.1) is 22.9 Å². The van der Waals surface area contributed by atoms with Crippen LogP contribution in [0.25, 0.3) is 0 Å². The van der Waals surface area contributed by atoms with Gasteiger partial charge >= 0.3 is 0 Å². The molecule has 0 amide bonds. The molecular formula is C11H12ClN3OS. The molecule has 0 atom stereocenters. The zero-order chi connectivity index (χ0) is 12.1. The van der Waals surface area contributed by atoms with Crippen LogP contribution in [-0.2, 0) is 18.8 Å². The number of aryl methyl sites for hydroxylation is 2. The summed E-state index contributed by atoms with van der Waals surface area (Å²) >= 11 is 7.30. The van der Waals surface area contributed by atoms with E-state index in [1.807, 2.05) is 5.38 Å². The molecule has 90 valence electrons. The van der Waals surface area contributed by atoms with E-state index in [0.717, 1.165) is 23.5 Å². The van der Waals surface area contributed by atoms with Crippen molar-refractivity contribution in [1.82, 2.24) is 14.5 Å². The molecule has 2 aromatic heterocycles. The Bertz CT molecular complexity index is 537. The van der Waals surface area contributed by atoms with Gasteiger partial charge in [-0.05, 0) is 6.42 Å². The summed E-state index contributed by atoms with van der Waals surface area (Å²) in [5.41, 5.74) is 0.908. The number of rotatable bonds is 5. The first-order valence-electron chi connectivity index (χ1n) is 5.29. The summed E-state index contributed by atoms with van der Waals surface area (Å²) in [5, 5.41) is 3.04. The molecule has 0 aliphatic carbocycles. The monoisotopic (exact) mass is 269 g/mol. The number of hydrogen-bond acceptors (Lipinski definition) is 4. The molecule has 0 fully saturated rings. The lowest BCUT2D eigenvalue weighted by molar-refractivity contribution is 0.610. The zero-order valence-corrected chi connectivity index (χ0v) is 10.7. The Labute approximate surface area is 108 Å². The van der Waals surface area contributed by atoms with E-state index in [4.69, 9.17) is 11.6 Å². The lowest BCUT2D eigenvalue weighted by atomic mass is 10.3. The smallest absolute Gasteiger partial charge is 0.253 e. The van der Waals surface area contributed by atoms with E-state index in [0.29, 0.717) is 12.4 Å². The first-order chi connectivity index (χ1) is 8.29. The van der Waals surface area contributed by atoms with Crippen LogP contribution in [0.3, 0.4) is 0 Å². The molecular weight excluding hydrogens is 258 g/mol. The maximum atomic E-state index is 11.4. The molecule has 0 unspecified atom stereocenters. The normalized spacial score (nSPS) is 10.6. The molecule has 0 N–H and O–H groups in total. The van der Waals surface area contributed by atoms with Gasteiger partial charge < -0.3 is 0 Å². The van der Waals surface area contributed by atoms with E-state index < -0.39 is 0 Å². The molecule has 0 aromatic carbocycles. The average molecular weight is 270 g/mol. The van der Waals surface area contributed by atoms with Crippen LogP contribution in [0.2, 0.25) is 0 Å². The number of alkyl halides is 1. The fraction of sp³-hybridized carbons (Fsp3) is 0.364. The van der Waals surface area contributed by atoms with Gasteiger partial charge in [0, 0.05) is 30.6 Å². The van der Waals surface area contributed by atoms with Crippen LogP contribution in [0, 0.1) is 0 Å². The minimum Gasteiger partial charge on any atom is -0.299 e. The predicted molar refractivity (Wildman–Crippen MR) is 68.5 cm³/mol. The van der Waals surface area contributed by atoms with E-state index in [1.165, 1.54) is 12.3 Å². The van der Waals surface area contributed by atoms with Crippen molar-refractivity contribution >= 4 is 22.9 Å². The second-order valence-corrected chi connectivity index (χ2v) is 4.79. The Morgan fingerprint density at radius 3 is 3.06 bits per heavy atom. The summed E-state index contributed by atoms with van der Waals surface area (Å²) in [7, 11) is 0. The predicted octanol–water partition coefficient (Wildman–Crippen LogP) is 2.07. The molecule has 0 spiro atoms. The third-order valence-corrected chi connectivity index (χ3v) is 3.55. The van der Waals surface area contributed by atoms with E-state index in [9.17, 15) is 4.79 Å². The lowest BCUT2D eigenvalue weighted by Crippen LogP contribution is -2.18. The Kier molecular flexibility index (Phi) is 4.28. The summed E-state index contributed by atoms with van der Waals surface area (Å²) in [5.74, 6) is 0.457. The van der Waals surface area contributed by atoms with Crippen molar-refractivity contribution in [2.45, 2.75) is 25.3 Å². The Morgan fingerprint density at radius 2 is 2.35 bits per heavy atom. The quantitative estimate of drug-likeness (QED) is 0.781. The maximum Gasteiger partial charge on any atom is 0.253 e. The summed E-state index contributed by atoms with van der Waals surface area (Å²) in [6.07, 6.45) is 4.81. The van der Waals surface area contributed by atoms with Crippen LogP contribution >= 0.6 is 22.9 Å². The molecule has 6 heteroatoms. The highest BCUT2D eigenvalue weighted by atomic mass is 35.5. The van der Waals surface area contributed by atoms with Gasteiger partial charge in [0.1, 0.15) is 0 Å². The summed E-state index contributed by atoms with van der Waals surface area (Å²) < 4.78 is 1.61. The number of halogens is 1. The van der Waals surface area contributed by atoms with Crippen molar-refractivity contribution in [3.63, 3.8) is 0 Å². The van der Waals surface area contributed by atoms with Crippen molar-refractivity contribution in [3.8, 4) is 0 Å². The largest absolute Gasteiger partial charge is 0.299 e. The van der Waals surface area contributed by atoms with E-state index in [1.54, 1.807) is 22.2 Å². The van der Waals surface area contributed by atoms with E-state index >= 15 is 0 Å². The van der Waals surface area contributed by atoms with Gasteiger partial charge in [-0.3, -0.25) is 9.36 Å². The molecule has 0 aliphatic heterocycles. The van der Waals surface area contributed by atoms with Crippen molar-refractivity contribution in [1.29, 1.82) is 0 Å². The van der Waals surface area contributed by atoms with Crippen LogP contribution in [-0.4, -0.2) is 14.5 Å². The molecule has 4 nitrogen and oxygen atoms in total. The highest BCUT2D eigenvalue weighted by Crippen LogP contribution is 2.13. The minimum absolute atomic E-state index is 0.0133. The molecule has 0 radical (unpaired) electrons. The molecule has 0 saturated carbocycles. The van der Waals surface area contributed by atoms with Crippen LogP contribution < -0.4 is 5.56 Å². The van der Waals surface area contributed by atoms with Gasteiger partial charge in [0.2, 0.25) is 0 Å². The Balaban J connectivity index is 1.87. The second-order valence-electron chi connectivity index (χ2n) is 3.58. The molecule has 17 heavy (non-hydrogen) atoms. The van der Waals surface area contributed by atoms with Crippen LogP contribution in [0.5, 0.6) is 0 Å². The highest BCUT2D eigenvalue weighted by molar-refractivity contribution is 7.09. The third kappa shape index (κ3) is 3.38. The first kappa shape index (κ1) is 12.3. The number of nitrogens with zero attached hydrogens (tertiary/aromatic N) is 3. The molecule has 2 aromatic rings. The maximum absolute atomic E-state index is 11.4. The van der Waals surface area contributed by atoms with Gasteiger partial charge in [-0.15, -0.1) is 22.9 Å². The summed E-state index contributed by atoms with van der Waals surface area (Å²) in [6.45, 7) is 0.669. The zero-order valence-electron chi connectivity index (χ0n) is 9.17. The molecule has 0 aliphatic rings. The highest BCUT2D eigenvalue weighted by Gasteiger charge is 2.01. The Morgan fingerprint density at radius 1 is 1.47 bits per heavy atom. The lowest BCUT2D eigenvalue weighted by Gasteiger charge is -2.02. The van der Waals surface area contributed by atoms with Gasteiger partial charge in [-0.25, -0.2) is 9.97 Å². The molecule has 0 bridgehead atoms. The van der Waals surface area contributed by atoms with Crippen LogP contribution in [0.1, 0.15) is 17.1 Å². The van der Waals surface area contributed by atoms with E-state index in [2.05, 4.69) is 9.97 Å². The number of thiazole rings is 1. The summed E-state index contributed by atoms with van der Waals surface area (Å²) in [6, 6.07) is 1.47. The third-order valence-electron chi connectivity index (χ3n) is 2.32. The van der Waals surface area contributed by atoms with Crippen molar-refractivity contribution in [2.75, 3.05) is 0 Å². The standard InChI is InChI=1S/C11H12ClN3OS/c12-6-9-7-17-10(14-9)2-1-5-15-8-13-4-3-11(15)16/h3-4,7-8H,1-2,5-6H2. The van der Waals surface area contributed by atoms with Crippen molar-refractivity contribution < 1.29 is 0 Å². The molecule has 2 rings (SSSR count). The van der Waals surface area contributed by atoms with Crippen LogP contribution in [0.15, 0.2) is 28.8 Å². The van der Waals surface area contributed by atoms with Crippen molar-refractivity contribution in [2.24, 2.45) is 0 Å². The topological polar surface area (TPSA) is 47.8 Å².